The fraction of sp³-hybridized carbons (Fsp3) is 0.105. The van der Waals surface area contributed by atoms with Crippen molar-refractivity contribution < 1.29 is 17.9 Å². The van der Waals surface area contributed by atoms with Gasteiger partial charge in [-0.1, -0.05) is 30.3 Å². The molecular formula is C19H18N4O4S. The lowest BCUT2D eigenvalue weighted by Crippen LogP contribution is -2.15. The van der Waals surface area contributed by atoms with Crippen LogP contribution in [0.2, 0.25) is 0 Å². The number of methoxy groups -OCH3 is 2. The molecule has 0 aliphatic carbocycles. The molecule has 0 amide bonds. The van der Waals surface area contributed by atoms with Gasteiger partial charge in [0.05, 0.1) is 24.8 Å². The third-order valence-electron chi connectivity index (χ3n) is 3.71. The Labute approximate surface area is 163 Å². The summed E-state index contributed by atoms with van der Waals surface area (Å²) in [6, 6.07) is 15.8. The molecule has 144 valence electrons. The molecule has 0 saturated carbocycles. The first-order valence-corrected chi connectivity index (χ1v) is 9.67. The highest BCUT2D eigenvalue weighted by atomic mass is 32.2. The van der Waals surface area contributed by atoms with Crippen LogP contribution in [-0.2, 0) is 10.0 Å². The first-order valence-electron chi connectivity index (χ1n) is 8.18. The summed E-state index contributed by atoms with van der Waals surface area (Å²) in [7, 11) is -1.11. The average molecular weight is 398 g/mol. The lowest BCUT2D eigenvalue weighted by atomic mass is 10.2. The number of nitrogens with one attached hydrogen (secondary N) is 1. The van der Waals surface area contributed by atoms with Crippen molar-refractivity contribution in [3.63, 3.8) is 0 Å². The van der Waals surface area contributed by atoms with Crippen LogP contribution >= 0.6 is 0 Å². The van der Waals surface area contributed by atoms with E-state index in [1.165, 1.54) is 32.7 Å². The molecule has 28 heavy (non-hydrogen) atoms. The van der Waals surface area contributed by atoms with Crippen molar-refractivity contribution in [2.75, 3.05) is 18.9 Å². The predicted molar refractivity (Wildman–Crippen MR) is 106 cm³/mol. The molecular weight excluding hydrogens is 380 g/mol. The van der Waals surface area contributed by atoms with E-state index in [4.69, 9.17) is 9.47 Å². The summed E-state index contributed by atoms with van der Waals surface area (Å²) in [6.07, 6.45) is 2.89. The van der Waals surface area contributed by atoms with Crippen LogP contribution in [0.3, 0.4) is 0 Å². The van der Waals surface area contributed by atoms with Gasteiger partial charge in [0.1, 0.15) is 6.33 Å². The van der Waals surface area contributed by atoms with Gasteiger partial charge < -0.3 is 9.47 Å². The molecule has 0 radical (unpaired) electrons. The van der Waals surface area contributed by atoms with E-state index < -0.39 is 10.0 Å². The minimum absolute atomic E-state index is 0.0134. The number of aromatic nitrogens is 2. The molecule has 1 heterocycles. The molecule has 0 spiro atoms. The van der Waals surface area contributed by atoms with Crippen molar-refractivity contribution >= 4 is 27.7 Å². The van der Waals surface area contributed by atoms with Crippen molar-refractivity contribution in [3.05, 3.63) is 66.5 Å². The van der Waals surface area contributed by atoms with E-state index in [2.05, 4.69) is 19.7 Å². The van der Waals surface area contributed by atoms with Crippen LogP contribution in [0.1, 0.15) is 5.56 Å². The highest BCUT2D eigenvalue weighted by Crippen LogP contribution is 2.32. The maximum Gasteiger partial charge on any atom is 0.263 e. The highest BCUT2D eigenvalue weighted by Gasteiger charge is 2.20. The van der Waals surface area contributed by atoms with E-state index in [1.807, 2.05) is 30.3 Å². The van der Waals surface area contributed by atoms with Crippen molar-refractivity contribution in [1.29, 1.82) is 0 Å². The van der Waals surface area contributed by atoms with Crippen LogP contribution in [0.5, 0.6) is 11.6 Å². The fourth-order valence-corrected chi connectivity index (χ4v) is 3.36. The Kier molecular flexibility index (Phi) is 5.85. The smallest absolute Gasteiger partial charge is 0.263 e. The summed E-state index contributed by atoms with van der Waals surface area (Å²) in [4.78, 5) is 12.2. The number of rotatable bonds is 7. The third-order valence-corrected chi connectivity index (χ3v) is 5.06. The van der Waals surface area contributed by atoms with Gasteiger partial charge in [-0.25, -0.2) is 13.4 Å². The van der Waals surface area contributed by atoms with Crippen molar-refractivity contribution in [2.45, 2.75) is 4.90 Å². The molecule has 0 aliphatic rings. The van der Waals surface area contributed by atoms with Crippen molar-refractivity contribution in [2.24, 2.45) is 4.99 Å². The highest BCUT2D eigenvalue weighted by molar-refractivity contribution is 7.92. The first-order chi connectivity index (χ1) is 13.5. The van der Waals surface area contributed by atoms with Gasteiger partial charge in [-0.3, -0.25) is 9.71 Å². The van der Waals surface area contributed by atoms with Crippen LogP contribution < -0.4 is 14.2 Å². The molecule has 9 heteroatoms. The van der Waals surface area contributed by atoms with Crippen molar-refractivity contribution in [3.8, 4) is 11.6 Å². The Morgan fingerprint density at radius 3 is 2.32 bits per heavy atom. The Morgan fingerprint density at radius 2 is 1.68 bits per heavy atom. The third kappa shape index (κ3) is 4.44. The number of benzene rings is 2. The van der Waals surface area contributed by atoms with Crippen LogP contribution in [0.15, 0.2) is 70.8 Å². The van der Waals surface area contributed by atoms with E-state index in [1.54, 1.807) is 18.3 Å². The summed E-state index contributed by atoms with van der Waals surface area (Å²) in [5, 5.41) is 0. The molecule has 0 atom stereocenters. The van der Waals surface area contributed by atoms with E-state index in [0.29, 0.717) is 5.69 Å². The van der Waals surface area contributed by atoms with Gasteiger partial charge in [-0.05, 0) is 29.8 Å². The summed E-state index contributed by atoms with van der Waals surface area (Å²) in [6.45, 7) is 0. The second-order valence-electron chi connectivity index (χ2n) is 5.53. The molecule has 2 aromatic carbocycles. The Balaban J connectivity index is 1.80. The number of aliphatic imine (C=N–C) groups is 1. The zero-order valence-electron chi connectivity index (χ0n) is 15.2. The molecule has 0 fully saturated rings. The Morgan fingerprint density at radius 1 is 0.964 bits per heavy atom. The van der Waals surface area contributed by atoms with Crippen LogP contribution in [0.25, 0.3) is 0 Å². The summed E-state index contributed by atoms with van der Waals surface area (Å²) >= 11 is 0. The molecule has 1 N–H and O–H groups in total. The van der Waals surface area contributed by atoms with Gasteiger partial charge in [-0.15, -0.1) is 0 Å². The van der Waals surface area contributed by atoms with E-state index in [0.717, 1.165) is 5.56 Å². The minimum Gasteiger partial charge on any atom is -0.489 e. The maximum atomic E-state index is 12.7. The predicted octanol–water partition coefficient (Wildman–Crippen LogP) is 3.05. The SMILES string of the molecule is COc1ncnc(NS(=O)(=O)c2ccc(N=Cc3ccccc3)cc2)c1OC. The summed E-state index contributed by atoms with van der Waals surface area (Å²) in [5.41, 5.74) is 1.58. The van der Waals surface area contributed by atoms with Crippen LogP contribution in [0.4, 0.5) is 11.5 Å². The maximum absolute atomic E-state index is 12.7. The Bertz CT molecular complexity index is 1070. The molecule has 0 bridgehead atoms. The van der Waals surface area contributed by atoms with Gasteiger partial charge in [0.25, 0.3) is 15.9 Å². The van der Waals surface area contributed by atoms with Gasteiger partial charge in [-0.2, -0.15) is 4.98 Å². The molecule has 3 rings (SSSR count). The van der Waals surface area contributed by atoms with Gasteiger partial charge in [0.15, 0.2) is 5.82 Å². The van der Waals surface area contributed by atoms with Crippen LogP contribution in [0, 0.1) is 0 Å². The fourth-order valence-electron chi connectivity index (χ4n) is 2.35. The summed E-state index contributed by atoms with van der Waals surface area (Å²) < 4.78 is 37.9. The number of hydrogen-bond donors (Lipinski definition) is 1. The second kappa shape index (κ2) is 8.49. The molecule has 0 aliphatic heterocycles. The molecule has 0 unspecified atom stereocenters. The largest absolute Gasteiger partial charge is 0.489 e. The van der Waals surface area contributed by atoms with E-state index in [-0.39, 0.29) is 22.3 Å². The second-order valence-corrected chi connectivity index (χ2v) is 7.22. The number of ether oxygens (including phenoxy) is 2. The molecule has 3 aromatic rings. The minimum atomic E-state index is -3.88. The van der Waals surface area contributed by atoms with E-state index >= 15 is 0 Å². The summed E-state index contributed by atoms with van der Waals surface area (Å²) in [5.74, 6) is 0.207. The normalized spacial score (nSPS) is 11.4. The molecule has 0 saturated heterocycles. The number of nitrogens with zero attached hydrogens (tertiary/aromatic N) is 3. The van der Waals surface area contributed by atoms with Crippen molar-refractivity contribution in [1.82, 2.24) is 9.97 Å². The number of anilines is 1. The molecule has 1 aromatic heterocycles. The quantitative estimate of drug-likeness (QED) is 0.614. The average Bonchev–Trinajstić information content (AvgIpc) is 2.73. The first kappa shape index (κ1) is 19.3. The van der Waals surface area contributed by atoms with Gasteiger partial charge in [0, 0.05) is 6.21 Å². The topological polar surface area (TPSA) is 103 Å². The van der Waals surface area contributed by atoms with Gasteiger partial charge >= 0.3 is 0 Å². The standard InChI is InChI=1S/C19H18N4O4S/c1-26-17-18(21-13-22-19(17)27-2)23-28(24,25)16-10-8-15(9-11-16)20-12-14-6-4-3-5-7-14/h3-13H,1-2H3,(H,21,22,23). The zero-order valence-corrected chi connectivity index (χ0v) is 16.1. The van der Waals surface area contributed by atoms with Crippen LogP contribution in [-0.4, -0.2) is 38.8 Å². The monoisotopic (exact) mass is 398 g/mol. The van der Waals surface area contributed by atoms with Gasteiger partial charge in [0.2, 0.25) is 5.75 Å². The number of sulfonamides is 1. The zero-order chi connectivity index (χ0) is 20.0. The lowest BCUT2D eigenvalue weighted by Gasteiger charge is -2.12. The lowest BCUT2D eigenvalue weighted by molar-refractivity contribution is 0.342. The van der Waals surface area contributed by atoms with E-state index in [9.17, 15) is 8.42 Å². The molecule has 8 nitrogen and oxygen atoms in total. The Hall–Kier alpha value is -3.46. The number of hydrogen-bond acceptors (Lipinski definition) is 7.